The molecular weight excluding hydrogens is 278 g/mol. The van der Waals surface area contributed by atoms with Crippen LogP contribution in [-0.2, 0) is 18.3 Å². The van der Waals surface area contributed by atoms with Crippen molar-refractivity contribution in [1.82, 2.24) is 24.8 Å². The molecule has 0 amide bonds. The van der Waals surface area contributed by atoms with E-state index in [1.807, 2.05) is 13.2 Å². The summed E-state index contributed by atoms with van der Waals surface area (Å²) < 4.78 is 7.61. The second-order valence-corrected chi connectivity index (χ2v) is 7.08. The van der Waals surface area contributed by atoms with Crippen LogP contribution in [0.25, 0.3) is 0 Å². The molecule has 22 heavy (non-hydrogen) atoms. The molecule has 3 rings (SSSR count). The Balaban J connectivity index is 1.41. The summed E-state index contributed by atoms with van der Waals surface area (Å²) in [7, 11) is 1.92. The highest BCUT2D eigenvalue weighted by Gasteiger charge is 2.26. The Morgan fingerprint density at radius 1 is 1.14 bits per heavy atom. The van der Waals surface area contributed by atoms with Crippen molar-refractivity contribution in [2.75, 3.05) is 32.7 Å². The third-order valence-corrected chi connectivity index (χ3v) is 4.75. The van der Waals surface area contributed by atoms with Gasteiger partial charge in [-0.25, -0.2) is 0 Å². The molecule has 2 aliphatic rings. The Kier molecular flexibility index (Phi) is 5.10. The molecule has 0 unspecified atom stereocenters. The van der Waals surface area contributed by atoms with Gasteiger partial charge in [0, 0.05) is 39.4 Å². The van der Waals surface area contributed by atoms with Crippen molar-refractivity contribution in [3.63, 3.8) is 0 Å². The van der Waals surface area contributed by atoms with Gasteiger partial charge in [-0.15, -0.1) is 5.10 Å². The minimum absolute atomic E-state index is 0.375. The van der Waals surface area contributed by atoms with Gasteiger partial charge >= 0.3 is 0 Å². The Labute approximate surface area is 133 Å². The van der Waals surface area contributed by atoms with Gasteiger partial charge in [-0.05, 0) is 45.7 Å². The summed E-state index contributed by atoms with van der Waals surface area (Å²) in [6.45, 7) is 11.1. The van der Waals surface area contributed by atoms with Crippen molar-refractivity contribution < 1.29 is 4.74 Å². The lowest BCUT2D eigenvalue weighted by molar-refractivity contribution is -0.0732. The van der Waals surface area contributed by atoms with Crippen LogP contribution in [0.1, 0.15) is 32.4 Å². The molecular formula is C16H29N5O. The maximum Gasteiger partial charge on any atom is 0.0966 e. The van der Waals surface area contributed by atoms with E-state index in [4.69, 9.17) is 4.74 Å². The van der Waals surface area contributed by atoms with Gasteiger partial charge in [0.1, 0.15) is 0 Å². The predicted octanol–water partition coefficient (Wildman–Crippen LogP) is 1.14. The maximum absolute atomic E-state index is 5.83. The van der Waals surface area contributed by atoms with Gasteiger partial charge in [0.05, 0.1) is 17.9 Å². The quantitative estimate of drug-likeness (QED) is 0.835. The zero-order chi connectivity index (χ0) is 15.5. The van der Waals surface area contributed by atoms with Crippen molar-refractivity contribution in [3.8, 4) is 0 Å². The molecule has 124 valence electrons. The summed E-state index contributed by atoms with van der Waals surface area (Å²) in [5.41, 5.74) is 1.08. The summed E-state index contributed by atoms with van der Waals surface area (Å²) in [6.07, 6.45) is 5.35. The lowest BCUT2D eigenvalue weighted by atomic mass is 9.95. The van der Waals surface area contributed by atoms with E-state index in [2.05, 4.69) is 34.0 Å². The molecule has 2 saturated heterocycles. The Morgan fingerprint density at radius 3 is 2.41 bits per heavy atom. The van der Waals surface area contributed by atoms with E-state index in [-0.39, 0.29) is 0 Å². The number of hydrogen-bond donors (Lipinski definition) is 0. The number of hydrogen-bond acceptors (Lipinski definition) is 5. The van der Waals surface area contributed by atoms with Gasteiger partial charge < -0.3 is 4.74 Å². The first-order valence-electron chi connectivity index (χ1n) is 8.54. The van der Waals surface area contributed by atoms with Crippen LogP contribution in [0.15, 0.2) is 6.20 Å². The van der Waals surface area contributed by atoms with E-state index in [1.54, 1.807) is 4.68 Å². The summed E-state index contributed by atoms with van der Waals surface area (Å²) in [5, 5.41) is 8.20. The Morgan fingerprint density at radius 2 is 1.82 bits per heavy atom. The van der Waals surface area contributed by atoms with Gasteiger partial charge in [-0.2, -0.15) is 0 Å². The van der Waals surface area contributed by atoms with E-state index in [9.17, 15) is 0 Å². The van der Waals surface area contributed by atoms with Gasteiger partial charge in [0.2, 0.25) is 0 Å². The molecule has 3 heterocycles. The summed E-state index contributed by atoms with van der Waals surface area (Å²) >= 11 is 0. The number of aromatic nitrogens is 3. The molecule has 6 nitrogen and oxygen atoms in total. The molecule has 0 aromatic carbocycles. The normalized spacial score (nSPS) is 29.0. The maximum atomic E-state index is 5.83. The molecule has 0 radical (unpaired) electrons. The van der Waals surface area contributed by atoms with Crippen LogP contribution in [0.4, 0.5) is 0 Å². The predicted molar refractivity (Wildman–Crippen MR) is 85.5 cm³/mol. The summed E-state index contributed by atoms with van der Waals surface area (Å²) in [5.74, 6) is 0.829. The fraction of sp³-hybridized carbons (Fsp3) is 0.875. The van der Waals surface area contributed by atoms with Gasteiger partial charge in [-0.3, -0.25) is 14.5 Å². The molecule has 0 N–H and O–H groups in total. The first-order valence-corrected chi connectivity index (χ1v) is 8.54. The molecule has 1 aromatic heterocycles. The lowest BCUT2D eigenvalue weighted by Crippen LogP contribution is -2.48. The molecule has 2 fully saturated rings. The Bertz CT molecular complexity index is 459. The van der Waals surface area contributed by atoms with Crippen LogP contribution in [0.5, 0.6) is 0 Å². The van der Waals surface area contributed by atoms with Crippen molar-refractivity contribution in [2.45, 2.75) is 45.4 Å². The van der Waals surface area contributed by atoms with Crippen molar-refractivity contribution >= 4 is 0 Å². The van der Waals surface area contributed by atoms with Gasteiger partial charge in [0.25, 0.3) is 0 Å². The number of ether oxygens (including phenoxy) is 1. The zero-order valence-corrected chi connectivity index (χ0v) is 14.1. The second kappa shape index (κ2) is 7.06. The van der Waals surface area contributed by atoms with Crippen LogP contribution in [0, 0.1) is 5.92 Å². The monoisotopic (exact) mass is 307 g/mol. The zero-order valence-electron chi connectivity index (χ0n) is 14.1. The average molecular weight is 307 g/mol. The molecule has 2 aliphatic heterocycles. The van der Waals surface area contributed by atoms with Crippen LogP contribution in [-0.4, -0.2) is 69.7 Å². The van der Waals surface area contributed by atoms with E-state index in [0.717, 1.165) is 31.2 Å². The largest absolute Gasteiger partial charge is 0.373 e. The highest BCUT2D eigenvalue weighted by Crippen LogP contribution is 2.21. The second-order valence-electron chi connectivity index (χ2n) is 7.08. The number of aryl methyl sites for hydroxylation is 1. The lowest BCUT2D eigenvalue weighted by Gasteiger charge is -2.39. The number of nitrogens with zero attached hydrogens (tertiary/aromatic N) is 5. The third-order valence-electron chi connectivity index (χ3n) is 4.75. The van der Waals surface area contributed by atoms with Crippen molar-refractivity contribution in [3.05, 3.63) is 11.9 Å². The Hall–Kier alpha value is -0.980. The topological polar surface area (TPSA) is 46.4 Å². The number of rotatable bonds is 4. The van der Waals surface area contributed by atoms with Crippen LogP contribution >= 0.6 is 0 Å². The van der Waals surface area contributed by atoms with E-state index in [1.165, 1.54) is 32.5 Å². The third kappa shape index (κ3) is 4.27. The number of piperidine rings is 1. The number of likely N-dealkylation sites (tertiary alicyclic amines) is 1. The van der Waals surface area contributed by atoms with E-state index in [0.29, 0.717) is 12.2 Å². The number of morpholine rings is 1. The average Bonchev–Trinajstić information content (AvgIpc) is 2.85. The van der Waals surface area contributed by atoms with Gasteiger partial charge in [-0.1, -0.05) is 5.21 Å². The molecule has 0 saturated carbocycles. The van der Waals surface area contributed by atoms with Crippen LogP contribution in [0.2, 0.25) is 0 Å². The summed E-state index contributed by atoms with van der Waals surface area (Å²) in [4.78, 5) is 5.10. The molecule has 0 spiro atoms. The molecule has 0 bridgehead atoms. The molecule has 2 atom stereocenters. The highest BCUT2D eigenvalue weighted by atomic mass is 16.5. The fourth-order valence-electron chi connectivity index (χ4n) is 3.82. The van der Waals surface area contributed by atoms with E-state index >= 15 is 0 Å². The minimum Gasteiger partial charge on any atom is -0.373 e. The molecule has 1 aromatic rings. The van der Waals surface area contributed by atoms with Gasteiger partial charge in [0.15, 0.2) is 0 Å². The minimum atomic E-state index is 0.375. The molecule has 0 aliphatic carbocycles. The van der Waals surface area contributed by atoms with Crippen molar-refractivity contribution in [2.24, 2.45) is 13.0 Å². The first kappa shape index (κ1) is 15.9. The smallest absolute Gasteiger partial charge is 0.0966 e. The van der Waals surface area contributed by atoms with Crippen LogP contribution in [0.3, 0.4) is 0 Å². The van der Waals surface area contributed by atoms with E-state index < -0.39 is 0 Å². The highest BCUT2D eigenvalue weighted by molar-refractivity contribution is 4.92. The molecule has 6 heteroatoms. The summed E-state index contributed by atoms with van der Waals surface area (Å²) in [6, 6.07) is 0. The standard InChI is InChI=1S/C16H29N5O/c1-13-8-21(9-14(2)22-13)10-15-4-6-20(7-5-15)12-16-11-19(3)18-17-16/h11,13-15H,4-10,12H2,1-3H3/t13-,14-/m1/s1. The SMILES string of the molecule is C[C@@H]1CN(CC2CCN(Cc3cn(C)nn3)CC2)C[C@@H](C)O1. The fourth-order valence-corrected chi connectivity index (χ4v) is 3.82. The van der Waals surface area contributed by atoms with Crippen molar-refractivity contribution in [1.29, 1.82) is 0 Å². The first-order chi connectivity index (χ1) is 10.6. The van der Waals surface area contributed by atoms with Crippen LogP contribution < -0.4 is 0 Å².